The van der Waals surface area contributed by atoms with Crippen molar-refractivity contribution >= 4 is 5.69 Å². The molecule has 0 aliphatic heterocycles. The summed E-state index contributed by atoms with van der Waals surface area (Å²) in [4.78, 5) is 0. The van der Waals surface area contributed by atoms with Gasteiger partial charge in [-0.15, -0.1) is 0 Å². The van der Waals surface area contributed by atoms with Crippen molar-refractivity contribution in [2.45, 2.75) is 6.92 Å². The molecule has 19 heavy (non-hydrogen) atoms. The molecular weight excluding hydrogens is 258 g/mol. The molecule has 0 unspecified atom stereocenters. The van der Waals surface area contributed by atoms with Crippen LogP contribution in [0.1, 0.15) is 5.56 Å². The first kappa shape index (κ1) is 13.4. The van der Waals surface area contributed by atoms with E-state index in [2.05, 4.69) is 5.32 Å². The fourth-order valence-corrected chi connectivity index (χ4v) is 1.87. The summed E-state index contributed by atoms with van der Waals surface area (Å²) in [6, 6.07) is 4.08. The molecule has 0 amide bonds. The molecule has 2 aromatic rings. The topological polar surface area (TPSA) is 12.0 Å². The van der Waals surface area contributed by atoms with Gasteiger partial charge in [-0.05, 0) is 30.7 Å². The van der Waals surface area contributed by atoms with Crippen molar-refractivity contribution in [2.24, 2.45) is 0 Å². The molecule has 0 aromatic heterocycles. The van der Waals surface area contributed by atoms with E-state index in [9.17, 15) is 17.6 Å². The Bertz CT molecular complexity index is 638. The highest BCUT2D eigenvalue weighted by Gasteiger charge is 2.17. The van der Waals surface area contributed by atoms with Crippen molar-refractivity contribution in [3.8, 4) is 11.1 Å². The van der Waals surface area contributed by atoms with Gasteiger partial charge in [0.2, 0.25) is 0 Å². The molecule has 1 nitrogen and oxygen atoms in total. The molecule has 0 spiro atoms. The monoisotopic (exact) mass is 269 g/mol. The molecular formula is C14H11F4N. The third-order valence-corrected chi connectivity index (χ3v) is 2.79. The van der Waals surface area contributed by atoms with Gasteiger partial charge in [-0.25, -0.2) is 17.6 Å². The summed E-state index contributed by atoms with van der Waals surface area (Å²) in [5.41, 5.74) is 0.0405. The van der Waals surface area contributed by atoms with Crippen molar-refractivity contribution in [2.75, 3.05) is 12.4 Å². The first-order chi connectivity index (χ1) is 8.93. The number of rotatable bonds is 2. The number of benzene rings is 2. The van der Waals surface area contributed by atoms with Gasteiger partial charge in [-0.1, -0.05) is 0 Å². The van der Waals surface area contributed by atoms with Crippen molar-refractivity contribution in [1.82, 2.24) is 0 Å². The van der Waals surface area contributed by atoms with Crippen LogP contribution in [-0.2, 0) is 0 Å². The molecule has 0 aliphatic carbocycles. The van der Waals surface area contributed by atoms with Crippen LogP contribution in [0.3, 0.4) is 0 Å². The Morgan fingerprint density at radius 1 is 0.789 bits per heavy atom. The third-order valence-electron chi connectivity index (χ3n) is 2.79. The Morgan fingerprint density at radius 3 is 2.11 bits per heavy atom. The first-order valence-corrected chi connectivity index (χ1v) is 5.57. The number of hydrogen-bond donors (Lipinski definition) is 1. The summed E-state index contributed by atoms with van der Waals surface area (Å²) in [5, 5.41) is 2.52. The Morgan fingerprint density at radius 2 is 1.47 bits per heavy atom. The Labute approximate surface area is 107 Å². The van der Waals surface area contributed by atoms with Crippen LogP contribution in [-0.4, -0.2) is 7.05 Å². The zero-order chi connectivity index (χ0) is 14.2. The van der Waals surface area contributed by atoms with Gasteiger partial charge in [0.25, 0.3) is 0 Å². The zero-order valence-electron chi connectivity index (χ0n) is 10.3. The normalized spacial score (nSPS) is 10.6. The Balaban J connectivity index is 2.72. The van der Waals surface area contributed by atoms with Gasteiger partial charge in [0.1, 0.15) is 11.6 Å². The van der Waals surface area contributed by atoms with Gasteiger partial charge in [0.05, 0.1) is 5.69 Å². The number of halogens is 4. The van der Waals surface area contributed by atoms with E-state index < -0.39 is 23.3 Å². The Hall–Kier alpha value is -2.04. The number of aryl methyl sites for hydroxylation is 1. The van der Waals surface area contributed by atoms with Crippen molar-refractivity contribution in [3.05, 3.63) is 53.1 Å². The van der Waals surface area contributed by atoms with E-state index in [-0.39, 0.29) is 16.8 Å². The maximum atomic E-state index is 13.7. The highest BCUT2D eigenvalue weighted by Crippen LogP contribution is 2.31. The highest BCUT2D eigenvalue weighted by molar-refractivity contribution is 5.70. The fraction of sp³-hybridized carbons (Fsp3) is 0.143. The van der Waals surface area contributed by atoms with E-state index in [4.69, 9.17) is 0 Å². The lowest BCUT2D eigenvalue weighted by molar-refractivity contribution is 0.509. The maximum Gasteiger partial charge on any atom is 0.166 e. The van der Waals surface area contributed by atoms with Crippen LogP contribution in [0.15, 0.2) is 24.3 Å². The van der Waals surface area contributed by atoms with Gasteiger partial charge >= 0.3 is 0 Å². The van der Waals surface area contributed by atoms with Gasteiger partial charge in [-0.3, -0.25) is 0 Å². The lowest BCUT2D eigenvalue weighted by Crippen LogP contribution is -1.98. The molecule has 5 heteroatoms. The molecule has 2 aromatic carbocycles. The Kier molecular flexibility index (Phi) is 3.46. The minimum Gasteiger partial charge on any atom is -0.386 e. The minimum absolute atomic E-state index is 0.0118. The minimum atomic E-state index is -1.15. The molecule has 100 valence electrons. The smallest absolute Gasteiger partial charge is 0.166 e. The van der Waals surface area contributed by atoms with E-state index in [1.807, 2.05) is 0 Å². The molecule has 0 heterocycles. The highest BCUT2D eigenvalue weighted by atomic mass is 19.2. The van der Waals surface area contributed by atoms with Crippen LogP contribution in [0.4, 0.5) is 23.2 Å². The zero-order valence-corrected chi connectivity index (χ0v) is 10.3. The summed E-state index contributed by atoms with van der Waals surface area (Å²) in [5.74, 6) is -3.96. The molecule has 0 bridgehead atoms. The van der Waals surface area contributed by atoms with E-state index in [1.54, 1.807) is 6.92 Å². The second kappa shape index (κ2) is 4.91. The summed E-state index contributed by atoms with van der Waals surface area (Å²) >= 11 is 0. The third kappa shape index (κ3) is 2.41. The van der Waals surface area contributed by atoms with Gasteiger partial charge in [0, 0.05) is 24.2 Å². The molecule has 0 fully saturated rings. The van der Waals surface area contributed by atoms with Crippen LogP contribution < -0.4 is 5.32 Å². The number of nitrogens with one attached hydrogen (secondary N) is 1. The van der Waals surface area contributed by atoms with Crippen LogP contribution in [0.25, 0.3) is 11.1 Å². The van der Waals surface area contributed by atoms with Crippen molar-refractivity contribution in [1.29, 1.82) is 0 Å². The molecule has 0 aliphatic rings. The van der Waals surface area contributed by atoms with Gasteiger partial charge in [-0.2, -0.15) is 0 Å². The van der Waals surface area contributed by atoms with Gasteiger partial charge in [0.15, 0.2) is 11.6 Å². The molecule has 0 atom stereocenters. The second-order valence-electron chi connectivity index (χ2n) is 4.17. The average Bonchev–Trinajstić information content (AvgIpc) is 2.34. The number of hydrogen-bond acceptors (Lipinski definition) is 1. The summed E-state index contributed by atoms with van der Waals surface area (Å²) in [6.07, 6.45) is 0. The second-order valence-corrected chi connectivity index (χ2v) is 4.17. The lowest BCUT2D eigenvalue weighted by atomic mass is 10.0. The van der Waals surface area contributed by atoms with Crippen LogP contribution in [0.2, 0.25) is 0 Å². The average molecular weight is 269 g/mol. The first-order valence-electron chi connectivity index (χ1n) is 5.57. The standard InChI is InChI=1S/C14H11F4N/c1-7-3-9(14(18)12(17)4-7)8-5-13(19-2)11(16)6-10(8)15/h3-6,19H,1-2H3. The summed E-state index contributed by atoms with van der Waals surface area (Å²) in [7, 11) is 1.45. The molecule has 0 radical (unpaired) electrons. The predicted octanol–water partition coefficient (Wildman–Crippen LogP) is 4.26. The fourth-order valence-electron chi connectivity index (χ4n) is 1.87. The SMILES string of the molecule is CNc1cc(-c2cc(C)cc(F)c2F)c(F)cc1F. The maximum absolute atomic E-state index is 13.7. The van der Waals surface area contributed by atoms with E-state index in [1.165, 1.54) is 13.1 Å². The van der Waals surface area contributed by atoms with Crippen LogP contribution in [0, 0.1) is 30.2 Å². The predicted molar refractivity (Wildman–Crippen MR) is 66.0 cm³/mol. The largest absolute Gasteiger partial charge is 0.386 e. The molecule has 0 saturated carbocycles. The van der Waals surface area contributed by atoms with E-state index in [0.29, 0.717) is 11.6 Å². The lowest BCUT2D eigenvalue weighted by Gasteiger charge is -2.10. The molecule has 2 rings (SSSR count). The van der Waals surface area contributed by atoms with E-state index in [0.717, 1.165) is 12.1 Å². The quantitative estimate of drug-likeness (QED) is 0.803. The van der Waals surface area contributed by atoms with Crippen LogP contribution >= 0.6 is 0 Å². The molecule has 1 N–H and O–H groups in total. The van der Waals surface area contributed by atoms with Gasteiger partial charge < -0.3 is 5.32 Å². The summed E-state index contributed by atoms with van der Waals surface area (Å²) < 4.78 is 54.1. The van der Waals surface area contributed by atoms with Crippen molar-refractivity contribution in [3.63, 3.8) is 0 Å². The summed E-state index contributed by atoms with van der Waals surface area (Å²) in [6.45, 7) is 1.56. The van der Waals surface area contributed by atoms with Crippen LogP contribution in [0.5, 0.6) is 0 Å². The van der Waals surface area contributed by atoms with E-state index >= 15 is 0 Å². The van der Waals surface area contributed by atoms with Crippen molar-refractivity contribution < 1.29 is 17.6 Å². The number of anilines is 1. The molecule has 0 saturated heterocycles.